The number of nitrogens with zero attached hydrogens (tertiary/aromatic N) is 2. The fourth-order valence-electron chi connectivity index (χ4n) is 5.06. The van der Waals surface area contributed by atoms with Gasteiger partial charge in [-0.15, -0.1) is 0 Å². The van der Waals surface area contributed by atoms with Crippen LogP contribution in [0.3, 0.4) is 0 Å². The van der Waals surface area contributed by atoms with Crippen molar-refractivity contribution in [1.29, 1.82) is 0 Å². The minimum Gasteiger partial charge on any atom is -0.450 e. The Morgan fingerprint density at radius 3 is 2.61 bits per heavy atom. The summed E-state index contributed by atoms with van der Waals surface area (Å²) in [6.45, 7) is 8.52. The van der Waals surface area contributed by atoms with E-state index < -0.39 is 6.04 Å². The third-order valence-electron chi connectivity index (χ3n) is 6.55. The lowest BCUT2D eigenvalue weighted by Crippen LogP contribution is -2.38. The normalized spacial score (nSPS) is 18.8. The largest absolute Gasteiger partial charge is 0.450 e. The second kappa shape index (κ2) is 8.93. The zero-order valence-electron chi connectivity index (χ0n) is 18.9. The number of carbonyl (C=O) groups excluding carboxylic acids is 1. The van der Waals surface area contributed by atoms with E-state index in [2.05, 4.69) is 4.90 Å². The molecule has 3 heterocycles. The third-order valence-corrected chi connectivity index (χ3v) is 6.79. The third kappa shape index (κ3) is 4.07. The molecule has 6 nitrogen and oxygen atoms in total. The smallest absolute Gasteiger partial charge is 0.290 e. The molecule has 2 aromatic carbocycles. The Morgan fingerprint density at radius 2 is 1.85 bits per heavy atom. The van der Waals surface area contributed by atoms with E-state index in [1.54, 1.807) is 11.0 Å². The van der Waals surface area contributed by atoms with Gasteiger partial charge in [0.05, 0.1) is 30.2 Å². The van der Waals surface area contributed by atoms with Gasteiger partial charge in [-0.05, 0) is 55.2 Å². The van der Waals surface area contributed by atoms with E-state index in [1.165, 1.54) is 0 Å². The maximum absolute atomic E-state index is 13.7. The molecule has 7 heteroatoms. The maximum atomic E-state index is 13.7. The summed E-state index contributed by atoms with van der Waals surface area (Å²) in [6, 6.07) is 10.7. The van der Waals surface area contributed by atoms with Gasteiger partial charge in [-0.3, -0.25) is 14.5 Å². The summed E-state index contributed by atoms with van der Waals surface area (Å²) in [5.74, 6) is -0.0936. The van der Waals surface area contributed by atoms with E-state index in [0.29, 0.717) is 28.1 Å². The highest BCUT2D eigenvalue weighted by atomic mass is 35.5. The van der Waals surface area contributed by atoms with Crippen molar-refractivity contribution < 1.29 is 13.9 Å². The van der Waals surface area contributed by atoms with Crippen molar-refractivity contribution in [2.45, 2.75) is 26.3 Å². The average molecular weight is 467 g/mol. The minimum atomic E-state index is -0.516. The maximum Gasteiger partial charge on any atom is 0.290 e. The molecule has 0 aliphatic carbocycles. The van der Waals surface area contributed by atoms with Crippen LogP contribution in [0.4, 0.5) is 0 Å². The van der Waals surface area contributed by atoms with Gasteiger partial charge in [0.15, 0.2) is 5.43 Å². The van der Waals surface area contributed by atoms with Crippen molar-refractivity contribution in [3.8, 4) is 0 Å². The first-order valence-electron chi connectivity index (χ1n) is 11.4. The predicted octanol–water partition coefficient (Wildman–Crippen LogP) is 4.33. The molecule has 2 aliphatic heterocycles. The second-order valence-corrected chi connectivity index (χ2v) is 9.33. The van der Waals surface area contributed by atoms with Gasteiger partial charge in [0, 0.05) is 31.2 Å². The number of benzene rings is 2. The number of amides is 1. The van der Waals surface area contributed by atoms with Crippen LogP contribution >= 0.6 is 11.6 Å². The van der Waals surface area contributed by atoms with Gasteiger partial charge in [-0.25, -0.2) is 0 Å². The van der Waals surface area contributed by atoms with Crippen LogP contribution in [-0.4, -0.2) is 55.1 Å². The lowest BCUT2D eigenvalue weighted by atomic mass is 9.97. The molecular weight excluding hydrogens is 440 g/mol. The topological polar surface area (TPSA) is 63.0 Å². The van der Waals surface area contributed by atoms with Gasteiger partial charge in [-0.1, -0.05) is 29.8 Å². The SMILES string of the molecule is Cc1cc(C)c2c(=O)c3c(oc2c1)C(=O)N(CCCN1CCOCC1)[C@@H]3c1cccc(Cl)c1. The van der Waals surface area contributed by atoms with Crippen molar-refractivity contribution in [3.63, 3.8) is 0 Å². The van der Waals surface area contributed by atoms with E-state index in [0.717, 1.165) is 56.0 Å². The first kappa shape index (κ1) is 22.1. The number of aryl methyl sites for hydroxylation is 2. The molecule has 0 saturated carbocycles. The molecule has 0 N–H and O–H groups in total. The monoisotopic (exact) mass is 466 g/mol. The molecule has 0 bridgehead atoms. The Hall–Kier alpha value is -2.67. The first-order valence-corrected chi connectivity index (χ1v) is 11.8. The first-order chi connectivity index (χ1) is 15.9. The molecule has 1 amide bonds. The highest BCUT2D eigenvalue weighted by molar-refractivity contribution is 6.30. The van der Waals surface area contributed by atoms with E-state index in [4.69, 9.17) is 20.8 Å². The summed E-state index contributed by atoms with van der Waals surface area (Å²) in [5, 5.41) is 1.10. The van der Waals surface area contributed by atoms with Crippen molar-refractivity contribution in [2.24, 2.45) is 0 Å². The van der Waals surface area contributed by atoms with E-state index >= 15 is 0 Å². The lowest BCUT2D eigenvalue weighted by molar-refractivity contribution is 0.0353. The molecule has 1 aromatic heterocycles. The molecule has 172 valence electrons. The quantitative estimate of drug-likeness (QED) is 0.560. The molecular formula is C26H27ClN2O4. The lowest BCUT2D eigenvalue weighted by Gasteiger charge is -2.29. The Balaban J connectivity index is 1.57. The van der Waals surface area contributed by atoms with E-state index in [9.17, 15) is 9.59 Å². The molecule has 0 unspecified atom stereocenters. The van der Waals surface area contributed by atoms with Crippen LogP contribution in [0, 0.1) is 13.8 Å². The molecule has 0 radical (unpaired) electrons. The Bertz CT molecular complexity index is 1280. The highest BCUT2D eigenvalue weighted by Gasteiger charge is 2.42. The predicted molar refractivity (Wildman–Crippen MR) is 128 cm³/mol. The number of hydrogen-bond donors (Lipinski definition) is 0. The molecule has 1 fully saturated rings. The van der Waals surface area contributed by atoms with Crippen LogP contribution in [-0.2, 0) is 4.74 Å². The fraction of sp³-hybridized carbons (Fsp3) is 0.385. The van der Waals surface area contributed by atoms with E-state index in [-0.39, 0.29) is 17.1 Å². The molecule has 1 saturated heterocycles. The zero-order chi connectivity index (χ0) is 23.1. The van der Waals surface area contributed by atoms with Crippen molar-refractivity contribution in [1.82, 2.24) is 9.80 Å². The standard InChI is InChI=1S/C26H27ClN2O4/c1-16-13-17(2)21-20(14-16)33-25-22(24(21)30)23(18-5-3-6-19(27)15-18)29(26(25)31)8-4-7-28-9-11-32-12-10-28/h3,5-6,13-15,23H,4,7-12H2,1-2H3/t23-/m1/s1. The van der Waals surface area contributed by atoms with E-state index in [1.807, 2.05) is 44.2 Å². The molecule has 0 spiro atoms. The van der Waals surface area contributed by atoms with Gasteiger partial charge in [0.25, 0.3) is 5.91 Å². The van der Waals surface area contributed by atoms with Gasteiger partial charge in [0.2, 0.25) is 5.76 Å². The summed E-state index contributed by atoms with van der Waals surface area (Å²) >= 11 is 6.29. The number of morpholine rings is 1. The van der Waals surface area contributed by atoms with Crippen LogP contribution in [0.2, 0.25) is 5.02 Å². The number of carbonyl (C=O) groups is 1. The van der Waals surface area contributed by atoms with Crippen molar-refractivity contribution >= 4 is 28.5 Å². The summed E-state index contributed by atoms with van der Waals surface area (Å²) in [7, 11) is 0. The molecule has 33 heavy (non-hydrogen) atoms. The Morgan fingerprint density at radius 1 is 1.06 bits per heavy atom. The fourth-order valence-corrected chi connectivity index (χ4v) is 5.26. The summed E-state index contributed by atoms with van der Waals surface area (Å²) in [4.78, 5) is 31.4. The van der Waals surface area contributed by atoms with Gasteiger partial charge in [0.1, 0.15) is 5.58 Å². The summed E-state index contributed by atoms with van der Waals surface area (Å²) in [6.07, 6.45) is 0.794. The van der Waals surface area contributed by atoms with Crippen LogP contribution in [0.25, 0.3) is 11.0 Å². The van der Waals surface area contributed by atoms with Gasteiger partial charge < -0.3 is 14.1 Å². The second-order valence-electron chi connectivity index (χ2n) is 8.89. The Labute approximate surface area is 197 Å². The van der Waals surface area contributed by atoms with Crippen LogP contribution in [0.15, 0.2) is 45.6 Å². The van der Waals surface area contributed by atoms with Crippen molar-refractivity contribution in [3.05, 3.63) is 79.7 Å². The van der Waals surface area contributed by atoms with Gasteiger partial charge >= 0.3 is 0 Å². The van der Waals surface area contributed by atoms with Crippen LogP contribution < -0.4 is 5.43 Å². The van der Waals surface area contributed by atoms with Crippen LogP contribution in [0.1, 0.15) is 45.3 Å². The highest BCUT2D eigenvalue weighted by Crippen LogP contribution is 2.39. The summed E-state index contributed by atoms with van der Waals surface area (Å²) < 4.78 is 11.5. The van der Waals surface area contributed by atoms with Gasteiger partial charge in [-0.2, -0.15) is 0 Å². The molecule has 1 atom stereocenters. The number of fused-ring (bicyclic) bond motifs is 2. The molecule has 2 aliphatic rings. The molecule has 3 aromatic rings. The average Bonchev–Trinajstić information content (AvgIpc) is 3.06. The number of rotatable bonds is 5. The zero-order valence-corrected chi connectivity index (χ0v) is 19.7. The number of halogens is 1. The van der Waals surface area contributed by atoms with Crippen LogP contribution in [0.5, 0.6) is 0 Å². The minimum absolute atomic E-state index is 0.141. The number of ether oxygens (including phenoxy) is 1. The number of hydrogen-bond acceptors (Lipinski definition) is 5. The van der Waals surface area contributed by atoms with Crippen molar-refractivity contribution in [2.75, 3.05) is 39.4 Å². The molecule has 5 rings (SSSR count). The summed E-state index contributed by atoms with van der Waals surface area (Å²) in [5.41, 5.74) is 3.39. The Kier molecular flexibility index (Phi) is 5.99.